The monoisotopic (exact) mass is 380 g/mol. The Hall–Kier alpha value is -3.68. The van der Waals surface area contributed by atoms with Crippen molar-refractivity contribution < 1.29 is 19.8 Å². The van der Waals surface area contributed by atoms with Gasteiger partial charge in [0, 0.05) is 22.6 Å². The molecule has 0 heterocycles. The third-order valence-corrected chi connectivity index (χ3v) is 4.29. The van der Waals surface area contributed by atoms with Gasteiger partial charge in [0.2, 0.25) is 0 Å². The molecule has 0 spiro atoms. The van der Waals surface area contributed by atoms with Crippen molar-refractivity contribution in [2.24, 2.45) is 10.2 Å². The number of rotatable bonds is 4. The maximum Gasteiger partial charge on any atom is 0.271 e. The summed E-state index contributed by atoms with van der Waals surface area (Å²) in [7, 11) is 0. The Labute approximate surface area is 161 Å². The first-order valence-corrected chi connectivity index (χ1v) is 8.81. The van der Waals surface area contributed by atoms with Crippen molar-refractivity contribution in [1.29, 1.82) is 0 Å². The molecular formula is C20H20N4O4. The Morgan fingerprint density at radius 1 is 0.643 bits per heavy atom. The average molecular weight is 380 g/mol. The van der Waals surface area contributed by atoms with Crippen LogP contribution in [0.1, 0.15) is 46.4 Å². The molecule has 8 heteroatoms. The van der Waals surface area contributed by atoms with Crippen molar-refractivity contribution in [2.75, 3.05) is 0 Å². The number of carbonyl (C=O) groups excluding carboxylic acids is 2. The molecule has 1 saturated carbocycles. The standard InChI is InChI=1S/C20H20N4O4/c25-17-9-1-13(2-10-17)19(27)23-21-15-5-7-16(8-6-15)22-24-20(28)14-3-11-18(26)12-4-14/h1-4,9-12,25-26H,5-8H2,(H,23,27)(H,24,28). The Morgan fingerprint density at radius 2 is 0.964 bits per heavy atom. The Kier molecular flexibility index (Phi) is 6.01. The second-order valence-electron chi connectivity index (χ2n) is 6.33. The van der Waals surface area contributed by atoms with E-state index < -0.39 is 0 Å². The number of phenolic OH excluding ortho intramolecular Hbond substituents is 2. The number of benzene rings is 2. The van der Waals surface area contributed by atoms with Crippen LogP contribution in [0, 0.1) is 0 Å². The number of amides is 2. The molecule has 0 aromatic heterocycles. The Bertz CT molecular complexity index is 829. The van der Waals surface area contributed by atoms with Crippen molar-refractivity contribution >= 4 is 23.2 Å². The molecule has 0 saturated heterocycles. The summed E-state index contributed by atoms with van der Waals surface area (Å²) in [5.41, 5.74) is 7.58. The maximum atomic E-state index is 12.0. The Balaban J connectivity index is 1.48. The van der Waals surface area contributed by atoms with E-state index in [4.69, 9.17) is 0 Å². The minimum Gasteiger partial charge on any atom is -0.508 e. The number of hydrogen-bond donors (Lipinski definition) is 4. The SMILES string of the molecule is O=C(NN=C1CCC(=NNC(=O)c2ccc(O)cc2)CC1)c1ccc(O)cc1. The molecule has 1 fully saturated rings. The van der Waals surface area contributed by atoms with Crippen molar-refractivity contribution in [3.05, 3.63) is 59.7 Å². The fraction of sp³-hybridized carbons (Fsp3) is 0.200. The molecule has 2 aromatic carbocycles. The molecule has 1 aliphatic rings. The van der Waals surface area contributed by atoms with Crippen LogP contribution >= 0.6 is 0 Å². The van der Waals surface area contributed by atoms with Crippen LogP contribution in [-0.4, -0.2) is 33.5 Å². The second-order valence-corrected chi connectivity index (χ2v) is 6.33. The highest BCUT2D eigenvalue weighted by molar-refractivity contribution is 6.01. The van der Waals surface area contributed by atoms with Crippen LogP contribution in [-0.2, 0) is 0 Å². The highest BCUT2D eigenvalue weighted by Crippen LogP contribution is 2.14. The lowest BCUT2D eigenvalue weighted by Crippen LogP contribution is -2.24. The minimum absolute atomic E-state index is 0.0967. The molecule has 1 aliphatic carbocycles. The first-order valence-electron chi connectivity index (χ1n) is 8.81. The summed E-state index contributed by atoms with van der Waals surface area (Å²) in [4.78, 5) is 24.0. The van der Waals surface area contributed by atoms with E-state index in [2.05, 4.69) is 21.1 Å². The van der Waals surface area contributed by atoms with E-state index in [1.807, 2.05) is 0 Å². The summed E-state index contributed by atoms with van der Waals surface area (Å²) in [5, 5.41) is 26.8. The lowest BCUT2D eigenvalue weighted by molar-refractivity contribution is 0.0946. The van der Waals surface area contributed by atoms with E-state index in [0.717, 1.165) is 11.4 Å². The lowest BCUT2D eigenvalue weighted by Gasteiger charge is -2.15. The summed E-state index contributed by atoms with van der Waals surface area (Å²) < 4.78 is 0. The van der Waals surface area contributed by atoms with Crippen LogP contribution in [0.4, 0.5) is 0 Å². The van der Waals surface area contributed by atoms with Gasteiger partial charge in [0.15, 0.2) is 0 Å². The zero-order valence-corrected chi connectivity index (χ0v) is 15.1. The van der Waals surface area contributed by atoms with Crippen molar-refractivity contribution in [2.45, 2.75) is 25.7 Å². The van der Waals surface area contributed by atoms with Crippen molar-refractivity contribution in [3.63, 3.8) is 0 Å². The largest absolute Gasteiger partial charge is 0.508 e. The smallest absolute Gasteiger partial charge is 0.271 e. The molecule has 2 aromatic rings. The number of nitrogens with zero attached hydrogens (tertiary/aromatic N) is 2. The molecule has 0 bridgehead atoms. The molecule has 28 heavy (non-hydrogen) atoms. The highest BCUT2D eigenvalue weighted by Gasteiger charge is 2.14. The van der Waals surface area contributed by atoms with Gasteiger partial charge in [0.1, 0.15) is 11.5 Å². The van der Waals surface area contributed by atoms with Gasteiger partial charge in [-0.1, -0.05) is 0 Å². The van der Waals surface area contributed by atoms with E-state index in [1.165, 1.54) is 48.5 Å². The first kappa shape index (κ1) is 19.1. The van der Waals surface area contributed by atoms with Crippen LogP contribution in [0.5, 0.6) is 11.5 Å². The number of aromatic hydroxyl groups is 2. The van der Waals surface area contributed by atoms with Gasteiger partial charge >= 0.3 is 0 Å². The molecule has 8 nitrogen and oxygen atoms in total. The topological polar surface area (TPSA) is 123 Å². The fourth-order valence-electron chi connectivity index (χ4n) is 2.67. The van der Waals surface area contributed by atoms with Crippen LogP contribution in [0.15, 0.2) is 58.7 Å². The number of nitrogens with one attached hydrogen (secondary N) is 2. The van der Waals surface area contributed by atoms with Crippen molar-refractivity contribution in [1.82, 2.24) is 10.9 Å². The van der Waals surface area contributed by atoms with Gasteiger partial charge in [-0.25, -0.2) is 10.9 Å². The predicted molar refractivity (Wildman–Crippen MR) is 104 cm³/mol. The summed E-state index contributed by atoms with van der Waals surface area (Å²) in [6.07, 6.45) is 2.57. The Morgan fingerprint density at radius 3 is 1.29 bits per heavy atom. The van der Waals surface area contributed by atoms with Crippen LogP contribution in [0.2, 0.25) is 0 Å². The lowest BCUT2D eigenvalue weighted by atomic mass is 9.97. The van der Waals surface area contributed by atoms with Crippen LogP contribution in [0.3, 0.4) is 0 Å². The molecule has 0 aliphatic heterocycles. The molecule has 4 N–H and O–H groups in total. The van der Waals surface area contributed by atoms with Gasteiger partial charge in [-0.15, -0.1) is 0 Å². The third-order valence-electron chi connectivity index (χ3n) is 4.29. The van der Waals surface area contributed by atoms with E-state index in [9.17, 15) is 19.8 Å². The second kappa shape index (κ2) is 8.81. The van der Waals surface area contributed by atoms with E-state index in [-0.39, 0.29) is 23.3 Å². The summed E-state index contributed by atoms with van der Waals surface area (Å²) in [5.74, 6) is -0.486. The predicted octanol–water partition coefficient (Wildman–Crippen LogP) is 2.54. The third kappa shape index (κ3) is 5.16. The number of hydrogen-bond acceptors (Lipinski definition) is 6. The molecule has 144 valence electrons. The number of hydrazone groups is 2. The first-order chi connectivity index (χ1) is 13.5. The highest BCUT2D eigenvalue weighted by atomic mass is 16.3. The van der Waals surface area contributed by atoms with Crippen LogP contribution in [0.25, 0.3) is 0 Å². The molecule has 0 radical (unpaired) electrons. The molecular weight excluding hydrogens is 360 g/mol. The number of carbonyl (C=O) groups is 2. The maximum absolute atomic E-state index is 12.0. The summed E-state index contributed by atoms with van der Waals surface area (Å²) in [6.45, 7) is 0. The summed E-state index contributed by atoms with van der Waals surface area (Å²) >= 11 is 0. The molecule has 2 amide bonds. The average Bonchev–Trinajstić information content (AvgIpc) is 2.72. The molecule has 0 atom stereocenters. The van der Waals surface area contributed by atoms with Gasteiger partial charge in [-0.3, -0.25) is 9.59 Å². The fourth-order valence-corrected chi connectivity index (χ4v) is 2.67. The summed E-state index contributed by atoms with van der Waals surface area (Å²) in [6, 6.07) is 11.9. The molecule has 3 rings (SSSR count). The minimum atomic E-state index is -0.340. The van der Waals surface area contributed by atoms with Gasteiger partial charge in [0.25, 0.3) is 11.8 Å². The quantitative estimate of drug-likeness (QED) is 0.609. The van der Waals surface area contributed by atoms with E-state index in [0.29, 0.717) is 36.8 Å². The van der Waals surface area contributed by atoms with E-state index >= 15 is 0 Å². The molecule has 0 unspecified atom stereocenters. The zero-order chi connectivity index (χ0) is 19.9. The van der Waals surface area contributed by atoms with Gasteiger partial charge < -0.3 is 10.2 Å². The van der Waals surface area contributed by atoms with Crippen molar-refractivity contribution in [3.8, 4) is 11.5 Å². The normalized spacial score (nSPS) is 13.6. The van der Waals surface area contributed by atoms with E-state index in [1.54, 1.807) is 0 Å². The van der Waals surface area contributed by atoms with Gasteiger partial charge in [-0.05, 0) is 74.2 Å². The zero-order valence-electron chi connectivity index (χ0n) is 15.1. The van der Waals surface area contributed by atoms with Gasteiger partial charge in [-0.2, -0.15) is 10.2 Å². The van der Waals surface area contributed by atoms with Gasteiger partial charge in [0.05, 0.1) is 0 Å². The van der Waals surface area contributed by atoms with Crippen LogP contribution < -0.4 is 10.9 Å². The number of phenols is 2.